The van der Waals surface area contributed by atoms with Crippen LogP contribution < -0.4 is 15.5 Å². The molecule has 1 unspecified atom stereocenters. The molecule has 0 saturated carbocycles. The number of hydrogen-bond acceptors (Lipinski definition) is 5. The van der Waals surface area contributed by atoms with Gasteiger partial charge in [0.1, 0.15) is 5.52 Å². The van der Waals surface area contributed by atoms with E-state index in [0.717, 1.165) is 5.69 Å². The highest BCUT2D eigenvalue weighted by atomic mass is 19.3. The normalized spacial score (nSPS) is 16.8. The molecule has 172 valence electrons. The van der Waals surface area contributed by atoms with Gasteiger partial charge in [-0.2, -0.15) is 5.10 Å². The number of piperazine rings is 1. The number of hydrogen-bond donors (Lipinski definition) is 2. The van der Waals surface area contributed by atoms with Crippen LogP contribution in [0.5, 0.6) is 0 Å². The molecule has 3 aromatic heterocycles. The molecule has 0 aliphatic carbocycles. The Morgan fingerprint density at radius 1 is 1.27 bits per heavy atom. The lowest BCUT2D eigenvalue weighted by Crippen LogP contribution is -2.53. The van der Waals surface area contributed by atoms with E-state index in [9.17, 15) is 18.0 Å². The molecule has 33 heavy (non-hydrogen) atoms. The zero-order valence-electron chi connectivity index (χ0n) is 18.0. The maximum Gasteiger partial charge on any atom is 0.257 e. The molecule has 4 aromatic rings. The third-order valence-corrected chi connectivity index (χ3v) is 5.75. The van der Waals surface area contributed by atoms with Gasteiger partial charge in [0.2, 0.25) is 0 Å². The number of rotatable bonds is 4. The van der Waals surface area contributed by atoms with E-state index in [0.29, 0.717) is 35.2 Å². The largest absolute Gasteiger partial charge is 0.368 e. The molecule has 1 fully saturated rings. The van der Waals surface area contributed by atoms with Crippen molar-refractivity contribution in [2.75, 3.05) is 29.9 Å². The van der Waals surface area contributed by atoms with Crippen LogP contribution in [0.4, 0.5) is 24.5 Å². The van der Waals surface area contributed by atoms with Gasteiger partial charge in [0.05, 0.1) is 23.0 Å². The standard InChI is InChI=1S/C22H22F3N7O/c1-12-8-32-9-13(7-16(23)21(32)27-12)28-22(33)14-3-4-18(15-10-30(2)29-19(14)15)31-6-5-26-17(11-31)20(24)25/h3-4,7-10,17,20,26H,5-6,11H2,1-2H3,(H,28,33). The number of pyridine rings is 1. The number of alkyl halides is 2. The van der Waals surface area contributed by atoms with Crippen molar-refractivity contribution in [3.05, 3.63) is 53.9 Å². The van der Waals surface area contributed by atoms with E-state index in [1.165, 1.54) is 10.5 Å². The fourth-order valence-corrected chi connectivity index (χ4v) is 4.28. The minimum absolute atomic E-state index is 0.150. The Morgan fingerprint density at radius 2 is 2.09 bits per heavy atom. The number of carbonyl (C=O) groups excluding carboxylic acids is 1. The van der Waals surface area contributed by atoms with Crippen LogP contribution in [0.2, 0.25) is 0 Å². The minimum Gasteiger partial charge on any atom is -0.368 e. The quantitative estimate of drug-likeness (QED) is 0.493. The first-order valence-corrected chi connectivity index (χ1v) is 10.5. The van der Waals surface area contributed by atoms with Gasteiger partial charge < -0.3 is 19.9 Å². The van der Waals surface area contributed by atoms with Crippen LogP contribution in [0, 0.1) is 12.7 Å². The van der Waals surface area contributed by atoms with Crippen molar-refractivity contribution in [2.45, 2.75) is 19.4 Å². The average Bonchev–Trinajstić information content (AvgIpc) is 3.34. The lowest BCUT2D eigenvalue weighted by atomic mass is 10.1. The van der Waals surface area contributed by atoms with Crippen LogP contribution in [0.15, 0.2) is 36.8 Å². The van der Waals surface area contributed by atoms with E-state index in [-0.39, 0.29) is 17.9 Å². The predicted molar refractivity (Wildman–Crippen MR) is 119 cm³/mol. The van der Waals surface area contributed by atoms with Gasteiger partial charge in [-0.15, -0.1) is 0 Å². The SMILES string of the molecule is Cc1cn2cc(NC(=O)c3ccc(N4CCNC(C(F)F)C4)c4cn(C)nc34)cc(F)c2n1. The maximum atomic E-state index is 14.4. The van der Waals surface area contributed by atoms with Crippen molar-refractivity contribution in [1.82, 2.24) is 24.5 Å². The highest BCUT2D eigenvalue weighted by molar-refractivity contribution is 6.13. The molecule has 4 heterocycles. The molecule has 1 saturated heterocycles. The third kappa shape index (κ3) is 3.88. The Balaban J connectivity index is 1.48. The van der Waals surface area contributed by atoms with Crippen molar-refractivity contribution in [3.8, 4) is 0 Å². The van der Waals surface area contributed by atoms with Crippen molar-refractivity contribution in [2.24, 2.45) is 7.05 Å². The number of fused-ring (bicyclic) bond motifs is 2. The van der Waals surface area contributed by atoms with Crippen molar-refractivity contribution in [3.63, 3.8) is 0 Å². The van der Waals surface area contributed by atoms with Crippen molar-refractivity contribution >= 4 is 33.8 Å². The molecule has 0 bridgehead atoms. The van der Waals surface area contributed by atoms with E-state index in [1.807, 2.05) is 4.90 Å². The van der Waals surface area contributed by atoms with Crippen LogP contribution >= 0.6 is 0 Å². The summed E-state index contributed by atoms with van der Waals surface area (Å²) in [5.74, 6) is -1.00. The average molecular weight is 457 g/mol. The molecule has 1 amide bonds. The molecule has 1 atom stereocenters. The van der Waals surface area contributed by atoms with Crippen LogP contribution in [0.1, 0.15) is 16.1 Å². The number of benzene rings is 1. The molecule has 1 aromatic carbocycles. The summed E-state index contributed by atoms with van der Waals surface area (Å²) in [6.45, 7) is 2.89. The first-order chi connectivity index (χ1) is 15.8. The molecule has 1 aliphatic rings. The van der Waals surface area contributed by atoms with E-state index in [2.05, 4.69) is 20.7 Å². The van der Waals surface area contributed by atoms with Crippen LogP contribution in [-0.4, -0.2) is 57.2 Å². The molecule has 2 N–H and O–H groups in total. The van der Waals surface area contributed by atoms with Gasteiger partial charge in [-0.05, 0) is 19.1 Å². The predicted octanol–water partition coefficient (Wildman–Crippen LogP) is 2.96. The summed E-state index contributed by atoms with van der Waals surface area (Å²) in [7, 11) is 1.73. The number of nitrogens with zero attached hydrogens (tertiary/aromatic N) is 5. The number of amides is 1. The topological polar surface area (TPSA) is 79.5 Å². The Bertz CT molecular complexity index is 1360. The van der Waals surface area contributed by atoms with E-state index in [4.69, 9.17) is 0 Å². The minimum atomic E-state index is -2.47. The second kappa shape index (κ2) is 8.07. The molecule has 8 nitrogen and oxygen atoms in total. The molecular weight excluding hydrogens is 435 g/mol. The van der Waals surface area contributed by atoms with Crippen LogP contribution in [0.3, 0.4) is 0 Å². The highest BCUT2D eigenvalue weighted by Crippen LogP contribution is 2.30. The Kier molecular flexibility index (Phi) is 5.20. The Morgan fingerprint density at radius 3 is 2.88 bits per heavy atom. The number of anilines is 2. The van der Waals surface area contributed by atoms with Gasteiger partial charge in [-0.25, -0.2) is 18.2 Å². The van der Waals surface area contributed by atoms with Crippen molar-refractivity contribution in [1.29, 1.82) is 0 Å². The van der Waals surface area contributed by atoms with E-state index in [1.54, 1.807) is 49.4 Å². The Labute approximate surface area is 187 Å². The van der Waals surface area contributed by atoms with Gasteiger partial charge in [-0.1, -0.05) is 0 Å². The van der Waals surface area contributed by atoms with Crippen LogP contribution in [-0.2, 0) is 7.05 Å². The van der Waals surface area contributed by atoms with Crippen molar-refractivity contribution < 1.29 is 18.0 Å². The molecule has 1 aliphatic heterocycles. The second-order valence-electron chi connectivity index (χ2n) is 8.18. The van der Waals surface area contributed by atoms with Gasteiger partial charge in [-0.3, -0.25) is 9.48 Å². The number of carbonyl (C=O) groups is 1. The van der Waals surface area contributed by atoms with E-state index < -0.39 is 24.2 Å². The first kappa shape index (κ1) is 21.3. The second-order valence-corrected chi connectivity index (χ2v) is 8.18. The van der Waals surface area contributed by atoms with Gasteiger partial charge in [0.15, 0.2) is 11.5 Å². The van der Waals surface area contributed by atoms with Gasteiger partial charge in [0.25, 0.3) is 12.3 Å². The molecule has 5 rings (SSSR count). The van der Waals surface area contributed by atoms with Gasteiger partial charge in [0, 0.05) is 62.4 Å². The highest BCUT2D eigenvalue weighted by Gasteiger charge is 2.28. The molecule has 11 heteroatoms. The van der Waals surface area contributed by atoms with E-state index >= 15 is 0 Å². The molecule has 0 spiro atoms. The van der Waals surface area contributed by atoms with Crippen LogP contribution in [0.25, 0.3) is 16.6 Å². The summed E-state index contributed by atoms with van der Waals surface area (Å²) in [5.41, 5.74) is 2.60. The summed E-state index contributed by atoms with van der Waals surface area (Å²) in [6, 6.07) is 3.66. The number of aromatic nitrogens is 4. The summed E-state index contributed by atoms with van der Waals surface area (Å²) < 4.78 is 44.0. The zero-order chi connectivity index (χ0) is 23.3. The summed E-state index contributed by atoms with van der Waals surface area (Å²) in [4.78, 5) is 19.1. The molecule has 0 radical (unpaired) electrons. The lowest BCUT2D eigenvalue weighted by molar-refractivity contribution is 0.0958. The Hall–Kier alpha value is -3.60. The molecular formula is C22H22F3N7O. The number of imidazole rings is 1. The fraction of sp³-hybridized carbons (Fsp3) is 0.318. The number of nitrogens with one attached hydrogen (secondary N) is 2. The number of aryl methyl sites for hydroxylation is 2. The maximum absolute atomic E-state index is 14.4. The lowest BCUT2D eigenvalue weighted by Gasteiger charge is -2.35. The smallest absolute Gasteiger partial charge is 0.257 e. The van der Waals surface area contributed by atoms with Gasteiger partial charge >= 0.3 is 0 Å². The summed E-state index contributed by atoms with van der Waals surface area (Å²) in [5, 5.41) is 10.7. The summed E-state index contributed by atoms with van der Waals surface area (Å²) in [6.07, 6.45) is 2.55. The monoisotopic (exact) mass is 457 g/mol. The number of halogens is 3. The summed E-state index contributed by atoms with van der Waals surface area (Å²) >= 11 is 0. The third-order valence-electron chi connectivity index (χ3n) is 5.75. The first-order valence-electron chi connectivity index (χ1n) is 10.5. The zero-order valence-corrected chi connectivity index (χ0v) is 18.0. The fourth-order valence-electron chi connectivity index (χ4n) is 4.28.